The molecule has 43 heavy (non-hydrogen) atoms. The highest BCUT2D eigenvalue weighted by atomic mass is 16.5. The fraction of sp³-hybridized carbons (Fsp3) is 0.306. The van der Waals surface area contributed by atoms with Crippen LogP contribution in [-0.2, 0) is 6.54 Å². The second-order valence-corrected chi connectivity index (χ2v) is 11.0. The molecule has 4 aromatic rings. The van der Waals surface area contributed by atoms with E-state index in [0.717, 1.165) is 72.5 Å². The van der Waals surface area contributed by atoms with Gasteiger partial charge in [0, 0.05) is 49.7 Å². The Morgan fingerprint density at radius 1 is 0.814 bits per heavy atom. The second-order valence-electron chi connectivity index (χ2n) is 11.0. The van der Waals surface area contributed by atoms with Crippen molar-refractivity contribution in [3.63, 3.8) is 0 Å². The van der Waals surface area contributed by atoms with Crippen LogP contribution in [0.1, 0.15) is 36.7 Å². The summed E-state index contributed by atoms with van der Waals surface area (Å²) in [6, 6.07) is 30.0. The molecule has 1 amide bonds. The van der Waals surface area contributed by atoms with Gasteiger partial charge in [-0.05, 0) is 116 Å². The zero-order valence-electron chi connectivity index (χ0n) is 25.5. The number of hydrogen-bond acceptors (Lipinski definition) is 6. The summed E-state index contributed by atoms with van der Waals surface area (Å²) >= 11 is 0. The third kappa shape index (κ3) is 8.08. The number of amides is 1. The van der Waals surface area contributed by atoms with Crippen molar-refractivity contribution in [3.8, 4) is 28.4 Å². The number of carbonyl (C=O) groups excluding carboxylic acids is 1. The third-order valence-corrected chi connectivity index (χ3v) is 7.44. The molecule has 0 radical (unpaired) electrons. The lowest BCUT2D eigenvalue weighted by Gasteiger charge is -2.36. The van der Waals surface area contributed by atoms with E-state index in [2.05, 4.69) is 59.3 Å². The minimum Gasteiger partial charge on any atom is -0.497 e. The van der Waals surface area contributed by atoms with Crippen molar-refractivity contribution < 1.29 is 19.0 Å². The van der Waals surface area contributed by atoms with E-state index in [1.807, 2.05) is 67.6 Å². The van der Waals surface area contributed by atoms with Gasteiger partial charge < -0.3 is 24.4 Å². The number of carbonyl (C=O) groups is 1. The molecule has 0 aliphatic carbocycles. The largest absolute Gasteiger partial charge is 0.497 e. The standard InChI is InChI=1S/C36H41N3O4/c1-5-42-34-8-6-7-29(23-34)30-21-27(22-35(24-30)43-26(2)3)25-38-17-19-39(20-18-38)32-13-9-28(10-14-32)36(40)37-31-11-15-33(41-4)16-12-31/h6-16,21-24,26H,5,17-20,25H2,1-4H3,(H,37,40). The van der Waals surface area contributed by atoms with E-state index < -0.39 is 0 Å². The van der Waals surface area contributed by atoms with Crippen molar-refractivity contribution in [3.05, 3.63) is 102 Å². The van der Waals surface area contributed by atoms with Crippen LogP contribution < -0.4 is 24.4 Å². The molecule has 1 aliphatic rings. The molecule has 0 bridgehead atoms. The number of nitrogens with one attached hydrogen (secondary N) is 1. The van der Waals surface area contributed by atoms with Gasteiger partial charge in [0.1, 0.15) is 17.2 Å². The summed E-state index contributed by atoms with van der Waals surface area (Å²) in [5.41, 5.74) is 5.97. The Morgan fingerprint density at radius 3 is 2.21 bits per heavy atom. The fourth-order valence-electron chi connectivity index (χ4n) is 5.31. The predicted octanol–water partition coefficient (Wildman–Crippen LogP) is 7.12. The lowest BCUT2D eigenvalue weighted by atomic mass is 10.0. The molecule has 1 aliphatic heterocycles. The van der Waals surface area contributed by atoms with Gasteiger partial charge in [0.25, 0.3) is 5.91 Å². The fourth-order valence-corrected chi connectivity index (χ4v) is 5.31. The summed E-state index contributed by atoms with van der Waals surface area (Å²) in [5.74, 6) is 2.39. The number of nitrogens with zero attached hydrogens (tertiary/aromatic N) is 2. The minimum absolute atomic E-state index is 0.0984. The van der Waals surface area contributed by atoms with Gasteiger partial charge in [-0.25, -0.2) is 0 Å². The molecular weight excluding hydrogens is 538 g/mol. The summed E-state index contributed by atoms with van der Waals surface area (Å²) in [5, 5.41) is 2.94. The lowest BCUT2D eigenvalue weighted by molar-refractivity contribution is 0.102. The van der Waals surface area contributed by atoms with E-state index in [1.54, 1.807) is 7.11 Å². The first kappa shape index (κ1) is 30.0. The molecule has 5 rings (SSSR count). The van der Waals surface area contributed by atoms with Crippen LogP contribution >= 0.6 is 0 Å². The Bertz CT molecular complexity index is 1490. The first-order valence-electron chi connectivity index (χ1n) is 15.0. The number of rotatable bonds is 11. The van der Waals surface area contributed by atoms with Gasteiger partial charge >= 0.3 is 0 Å². The van der Waals surface area contributed by atoms with Crippen molar-refractivity contribution in [1.82, 2.24) is 4.90 Å². The average Bonchev–Trinajstić information content (AvgIpc) is 3.02. The smallest absolute Gasteiger partial charge is 0.255 e. The number of methoxy groups -OCH3 is 1. The third-order valence-electron chi connectivity index (χ3n) is 7.44. The maximum atomic E-state index is 12.7. The van der Waals surface area contributed by atoms with Gasteiger partial charge in [0.05, 0.1) is 19.8 Å². The van der Waals surface area contributed by atoms with Crippen LogP contribution in [-0.4, -0.2) is 56.8 Å². The van der Waals surface area contributed by atoms with Crippen LogP contribution in [0.5, 0.6) is 17.2 Å². The summed E-state index contributed by atoms with van der Waals surface area (Å²) in [4.78, 5) is 17.6. The lowest BCUT2D eigenvalue weighted by Crippen LogP contribution is -2.46. The molecule has 0 saturated carbocycles. The highest BCUT2D eigenvalue weighted by molar-refractivity contribution is 6.04. The Labute approximate surface area is 255 Å². The van der Waals surface area contributed by atoms with Crippen LogP contribution in [0.2, 0.25) is 0 Å². The molecule has 1 heterocycles. The first-order chi connectivity index (χ1) is 20.9. The normalized spacial score (nSPS) is 13.6. The molecule has 4 aromatic carbocycles. The number of hydrogen-bond donors (Lipinski definition) is 1. The zero-order chi connectivity index (χ0) is 30.2. The number of piperazine rings is 1. The zero-order valence-corrected chi connectivity index (χ0v) is 25.5. The molecule has 224 valence electrons. The SMILES string of the molecule is CCOc1cccc(-c2cc(CN3CCN(c4ccc(C(=O)Nc5ccc(OC)cc5)cc4)CC3)cc(OC(C)C)c2)c1. The van der Waals surface area contributed by atoms with Gasteiger partial charge in [0.15, 0.2) is 0 Å². The topological polar surface area (TPSA) is 63.3 Å². The highest BCUT2D eigenvalue weighted by Gasteiger charge is 2.19. The average molecular weight is 580 g/mol. The molecule has 7 nitrogen and oxygen atoms in total. The molecule has 1 saturated heterocycles. The molecule has 0 spiro atoms. The van der Waals surface area contributed by atoms with Crippen molar-refractivity contribution in [2.75, 3.05) is 50.1 Å². The van der Waals surface area contributed by atoms with E-state index in [9.17, 15) is 4.79 Å². The quantitative estimate of drug-likeness (QED) is 0.204. The number of ether oxygens (including phenoxy) is 3. The molecule has 0 atom stereocenters. The van der Waals surface area contributed by atoms with Crippen molar-refractivity contribution in [2.45, 2.75) is 33.4 Å². The van der Waals surface area contributed by atoms with Gasteiger partial charge in [-0.15, -0.1) is 0 Å². The predicted molar refractivity (Wildman–Crippen MR) is 174 cm³/mol. The maximum absolute atomic E-state index is 12.7. The minimum atomic E-state index is -0.130. The van der Waals surface area contributed by atoms with Crippen molar-refractivity contribution in [1.29, 1.82) is 0 Å². The number of benzene rings is 4. The van der Waals surface area contributed by atoms with Gasteiger partial charge in [-0.1, -0.05) is 12.1 Å². The highest BCUT2D eigenvalue weighted by Crippen LogP contribution is 2.30. The first-order valence-corrected chi connectivity index (χ1v) is 15.0. The Hall–Kier alpha value is -4.49. The van der Waals surface area contributed by atoms with Crippen molar-refractivity contribution >= 4 is 17.3 Å². The van der Waals surface area contributed by atoms with Gasteiger partial charge in [0.2, 0.25) is 0 Å². The monoisotopic (exact) mass is 579 g/mol. The van der Waals surface area contributed by atoms with Crippen LogP contribution in [0.4, 0.5) is 11.4 Å². The number of anilines is 2. The molecule has 1 N–H and O–H groups in total. The molecule has 0 aromatic heterocycles. The Kier molecular flexibility index (Phi) is 9.84. The molecule has 0 unspecified atom stereocenters. The van der Waals surface area contributed by atoms with Crippen LogP contribution in [0.3, 0.4) is 0 Å². The van der Waals surface area contributed by atoms with Crippen LogP contribution in [0.15, 0.2) is 91.0 Å². The second kappa shape index (κ2) is 14.1. The van der Waals surface area contributed by atoms with E-state index in [4.69, 9.17) is 14.2 Å². The van der Waals surface area contributed by atoms with Crippen LogP contribution in [0.25, 0.3) is 11.1 Å². The summed E-state index contributed by atoms with van der Waals surface area (Å²) in [6.07, 6.45) is 0.0984. The molecule has 7 heteroatoms. The van der Waals surface area contributed by atoms with E-state index >= 15 is 0 Å². The molecule has 1 fully saturated rings. The Balaban J connectivity index is 1.20. The summed E-state index contributed by atoms with van der Waals surface area (Å²) in [7, 11) is 1.62. The van der Waals surface area contributed by atoms with Gasteiger partial charge in [-0.2, -0.15) is 0 Å². The summed E-state index contributed by atoms with van der Waals surface area (Å²) in [6.45, 7) is 11.3. The van der Waals surface area contributed by atoms with Crippen molar-refractivity contribution in [2.24, 2.45) is 0 Å². The maximum Gasteiger partial charge on any atom is 0.255 e. The van der Waals surface area contributed by atoms with E-state index in [-0.39, 0.29) is 12.0 Å². The Morgan fingerprint density at radius 2 is 1.53 bits per heavy atom. The van der Waals surface area contributed by atoms with E-state index in [0.29, 0.717) is 12.2 Å². The summed E-state index contributed by atoms with van der Waals surface area (Å²) < 4.78 is 17.1. The van der Waals surface area contributed by atoms with E-state index in [1.165, 1.54) is 5.56 Å². The molecular formula is C36H41N3O4. The van der Waals surface area contributed by atoms with Crippen LogP contribution in [0, 0.1) is 0 Å². The van der Waals surface area contributed by atoms with Gasteiger partial charge in [-0.3, -0.25) is 9.69 Å².